The fourth-order valence-electron chi connectivity index (χ4n) is 4.18. The van der Waals surface area contributed by atoms with E-state index in [1.165, 1.54) is 9.80 Å². The maximum Gasteiger partial charge on any atom is 0.242 e. The van der Waals surface area contributed by atoms with Gasteiger partial charge in [0.05, 0.1) is 11.8 Å². The molecule has 1 aliphatic heterocycles. The van der Waals surface area contributed by atoms with Gasteiger partial charge in [0.1, 0.15) is 6.04 Å². The largest absolute Gasteiger partial charge is 0.355 e. The highest BCUT2D eigenvalue weighted by Crippen LogP contribution is 2.35. The van der Waals surface area contributed by atoms with Crippen LogP contribution < -0.4 is 5.32 Å². The standard InChI is InChI=1S/C23H28ClN3O4/c1-3-25-21(29)15(2)27(14-16-7-6-8-17(24)13-16)20(28)11-12-26-22(30)18-9-4-5-10-19(18)23(26)31/h4-8,13,15,18-19H,3,9-12,14H2,1-2H3,(H,25,29)/t15?,18-,19+. The predicted molar refractivity (Wildman–Crippen MR) is 117 cm³/mol. The fraction of sp³-hybridized carbons (Fsp3) is 0.478. The van der Waals surface area contributed by atoms with E-state index in [2.05, 4.69) is 5.32 Å². The van der Waals surface area contributed by atoms with Crippen LogP contribution in [0.4, 0.5) is 0 Å². The van der Waals surface area contributed by atoms with E-state index in [0.29, 0.717) is 24.4 Å². The maximum absolute atomic E-state index is 13.1. The molecule has 1 unspecified atom stereocenters. The molecule has 31 heavy (non-hydrogen) atoms. The zero-order valence-electron chi connectivity index (χ0n) is 17.8. The van der Waals surface area contributed by atoms with E-state index in [0.717, 1.165) is 5.56 Å². The van der Waals surface area contributed by atoms with E-state index in [1.54, 1.807) is 25.1 Å². The Morgan fingerprint density at radius 2 is 1.84 bits per heavy atom. The number of hydrogen-bond donors (Lipinski definition) is 1. The molecule has 8 heteroatoms. The lowest BCUT2D eigenvalue weighted by molar-refractivity contribution is -0.143. The highest BCUT2D eigenvalue weighted by molar-refractivity contribution is 6.30. The average Bonchev–Trinajstić information content (AvgIpc) is 3.00. The van der Waals surface area contributed by atoms with Crippen LogP contribution >= 0.6 is 11.6 Å². The van der Waals surface area contributed by atoms with E-state index in [4.69, 9.17) is 11.6 Å². The number of rotatable bonds is 8. The fourth-order valence-corrected chi connectivity index (χ4v) is 4.39. The second-order valence-corrected chi connectivity index (χ2v) is 8.39. The van der Waals surface area contributed by atoms with Gasteiger partial charge in [0.25, 0.3) is 0 Å². The normalized spacial score (nSPS) is 21.1. The first-order valence-electron chi connectivity index (χ1n) is 10.6. The number of halogens is 1. The van der Waals surface area contributed by atoms with Gasteiger partial charge in [-0.25, -0.2) is 0 Å². The SMILES string of the molecule is CCNC(=O)C(C)N(Cc1cccc(Cl)c1)C(=O)CCN1C(=O)[C@H]2CC=CC[C@H]2C1=O. The van der Waals surface area contributed by atoms with Gasteiger partial charge in [0, 0.05) is 31.1 Å². The first-order chi connectivity index (χ1) is 14.8. The first kappa shape index (κ1) is 23.0. The molecular formula is C23H28ClN3O4. The summed E-state index contributed by atoms with van der Waals surface area (Å²) >= 11 is 6.07. The molecule has 7 nitrogen and oxygen atoms in total. The zero-order valence-corrected chi connectivity index (χ0v) is 18.6. The molecule has 0 aromatic heterocycles. The summed E-state index contributed by atoms with van der Waals surface area (Å²) < 4.78 is 0. The summed E-state index contributed by atoms with van der Waals surface area (Å²) in [6.45, 7) is 4.16. The molecule has 1 heterocycles. The van der Waals surface area contributed by atoms with E-state index < -0.39 is 6.04 Å². The molecule has 1 aromatic rings. The molecule has 0 spiro atoms. The summed E-state index contributed by atoms with van der Waals surface area (Å²) in [4.78, 5) is 53.5. The van der Waals surface area contributed by atoms with E-state index in [9.17, 15) is 19.2 Å². The lowest BCUT2D eigenvalue weighted by atomic mass is 9.85. The molecule has 0 radical (unpaired) electrons. The Balaban J connectivity index is 1.71. The Hall–Kier alpha value is -2.67. The third-order valence-corrected chi connectivity index (χ3v) is 6.14. The molecule has 1 N–H and O–H groups in total. The summed E-state index contributed by atoms with van der Waals surface area (Å²) in [6, 6.07) is 6.40. The number of carbonyl (C=O) groups is 4. The molecule has 3 rings (SSSR count). The van der Waals surface area contributed by atoms with Gasteiger partial charge in [-0.3, -0.25) is 24.1 Å². The Bertz CT molecular complexity index is 875. The number of carbonyl (C=O) groups excluding carboxylic acids is 4. The van der Waals surface area contributed by atoms with Crippen LogP contribution in [0.15, 0.2) is 36.4 Å². The van der Waals surface area contributed by atoms with E-state index in [-0.39, 0.29) is 55.0 Å². The lowest BCUT2D eigenvalue weighted by Crippen LogP contribution is -2.48. The van der Waals surface area contributed by atoms with Crippen LogP contribution in [0.25, 0.3) is 0 Å². The van der Waals surface area contributed by atoms with Crippen molar-refractivity contribution in [3.05, 3.63) is 47.0 Å². The van der Waals surface area contributed by atoms with Crippen LogP contribution in [0.1, 0.15) is 38.7 Å². The molecule has 1 fully saturated rings. The number of likely N-dealkylation sites (tertiary alicyclic amines) is 1. The summed E-state index contributed by atoms with van der Waals surface area (Å²) in [7, 11) is 0. The Labute approximate surface area is 187 Å². The Morgan fingerprint density at radius 3 is 2.42 bits per heavy atom. The number of hydrogen-bond acceptors (Lipinski definition) is 4. The van der Waals surface area contributed by atoms with Crippen LogP contribution in [0, 0.1) is 11.8 Å². The molecule has 2 aliphatic rings. The van der Waals surface area contributed by atoms with Gasteiger partial charge in [0.2, 0.25) is 23.6 Å². The number of fused-ring (bicyclic) bond motifs is 1. The van der Waals surface area contributed by atoms with Crippen molar-refractivity contribution in [2.24, 2.45) is 11.8 Å². The molecule has 3 atom stereocenters. The topological polar surface area (TPSA) is 86.8 Å². The van der Waals surface area contributed by atoms with Gasteiger partial charge in [0.15, 0.2) is 0 Å². The summed E-state index contributed by atoms with van der Waals surface area (Å²) in [6.07, 6.45) is 4.96. The van der Waals surface area contributed by atoms with Crippen LogP contribution in [0.3, 0.4) is 0 Å². The van der Waals surface area contributed by atoms with Crippen molar-refractivity contribution in [3.63, 3.8) is 0 Å². The molecule has 1 aliphatic carbocycles. The average molecular weight is 446 g/mol. The number of amides is 4. The minimum Gasteiger partial charge on any atom is -0.355 e. The molecule has 166 valence electrons. The smallest absolute Gasteiger partial charge is 0.242 e. The predicted octanol–water partition coefficient (Wildman–Crippen LogP) is 2.53. The molecule has 0 saturated carbocycles. The second kappa shape index (κ2) is 10.1. The van der Waals surface area contributed by atoms with Crippen LogP contribution in [-0.2, 0) is 25.7 Å². The van der Waals surface area contributed by atoms with Gasteiger partial charge >= 0.3 is 0 Å². The van der Waals surface area contributed by atoms with Gasteiger partial charge in [-0.05, 0) is 44.4 Å². The number of benzene rings is 1. The lowest BCUT2D eigenvalue weighted by Gasteiger charge is -2.29. The van der Waals surface area contributed by atoms with Crippen molar-refractivity contribution >= 4 is 35.2 Å². The molecular weight excluding hydrogens is 418 g/mol. The van der Waals surface area contributed by atoms with Crippen molar-refractivity contribution < 1.29 is 19.2 Å². The van der Waals surface area contributed by atoms with Gasteiger partial charge in [-0.2, -0.15) is 0 Å². The van der Waals surface area contributed by atoms with Gasteiger partial charge in [-0.15, -0.1) is 0 Å². The number of likely N-dealkylation sites (N-methyl/N-ethyl adjacent to an activating group) is 1. The van der Waals surface area contributed by atoms with Crippen LogP contribution in [-0.4, -0.2) is 52.6 Å². The highest BCUT2D eigenvalue weighted by Gasteiger charge is 2.47. The second-order valence-electron chi connectivity index (χ2n) is 7.96. The molecule has 4 amide bonds. The number of allylic oxidation sites excluding steroid dienone is 2. The minimum atomic E-state index is -0.705. The van der Waals surface area contributed by atoms with Crippen LogP contribution in [0.2, 0.25) is 5.02 Å². The third kappa shape index (κ3) is 5.15. The van der Waals surface area contributed by atoms with Gasteiger partial charge in [-0.1, -0.05) is 35.9 Å². The zero-order chi connectivity index (χ0) is 22.5. The molecule has 1 aromatic carbocycles. The van der Waals surface area contributed by atoms with Crippen molar-refractivity contribution in [1.29, 1.82) is 0 Å². The number of imide groups is 1. The van der Waals surface area contributed by atoms with Crippen molar-refractivity contribution in [2.75, 3.05) is 13.1 Å². The van der Waals surface area contributed by atoms with Crippen molar-refractivity contribution in [1.82, 2.24) is 15.1 Å². The number of nitrogens with zero attached hydrogens (tertiary/aromatic N) is 2. The summed E-state index contributed by atoms with van der Waals surface area (Å²) in [5.41, 5.74) is 0.794. The Morgan fingerprint density at radius 1 is 1.19 bits per heavy atom. The number of nitrogens with one attached hydrogen (secondary N) is 1. The maximum atomic E-state index is 13.1. The monoisotopic (exact) mass is 445 g/mol. The van der Waals surface area contributed by atoms with Crippen molar-refractivity contribution in [3.8, 4) is 0 Å². The Kier molecular flexibility index (Phi) is 7.49. The van der Waals surface area contributed by atoms with E-state index >= 15 is 0 Å². The third-order valence-electron chi connectivity index (χ3n) is 5.91. The highest BCUT2D eigenvalue weighted by atomic mass is 35.5. The molecule has 1 saturated heterocycles. The summed E-state index contributed by atoms with van der Waals surface area (Å²) in [5.74, 6) is -1.60. The first-order valence-corrected chi connectivity index (χ1v) is 11.0. The van der Waals surface area contributed by atoms with Gasteiger partial charge < -0.3 is 10.2 Å². The quantitative estimate of drug-likeness (QED) is 0.492. The van der Waals surface area contributed by atoms with E-state index in [1.807, 2.05) is 25.1 Å². The molecule has 0 bridgehead atoms. The van der Waals surface area contributed by atoms with Crippen LogP contribution in [0.5, 0.6) is 0 Å². The minimum absolute atomic E-state index is 0.0255. The summed E-state index contributed by atoms with van der Waals surface area (Å²) in [5, 5.41) is 3.28. The van der Waals surface area contributed by atoms with Crippen molar-refractivity contribution in [2.45, 2.75) is 45.7 Å².